The lowest BCUT2D eigenvalue weighted by Crippen LogP contribution is -2.09. The summed E-state index contributed by atoms with van der Waals surface area (Å²) in [4.78, 5) is 10.7. The smallest absolute Gasteiger partial charge is 0.409 e. The maximum Gasteiger partial charge on any atom is 0.409 e. The highest BCUT2D eigenvalue weighted by Crippen LogP contribution is 2.42. The van der Waals surface area contributed by atoms with Crippen LogP contribution in [0.1, 0.15) is 16.7 Å². The second-order valence-electron chi connectivity index (χ2n) is 4.77. The summed E-state index contributed by atoms with van der Waals surface area (Å²) in [6.07, 6.45) is -0.347. The van der Waals surface area contributed by atoms with Gasteiger partial charge in [0.1, 0.15) is 11.5 Å². The quantitative estimate of drug-likeness (QED) is 0.687. The number of aryl methyl sites for hydroxylation is 1. The van der Waals surface area contributed by atoms with Crippen molar-refractivity contribution in [1.82, 2.24) is 0 Å². The van der Waals surface area contributed by atoms with Gasteiger partial charge in [-0.3, -0.25) is 5.32 Å². The standard InChI is InChI=1S/C15H12BrNO3/c1-8-4-10-6-9-7-11(17-15(18)19)2-3-13(9)20-14(10)12(16)5-8/h2-5,7,17H,6H2,1H3,(H,18,19). The number of carbonyl (C=O) groups is 1. The summed E-state index contributed by atoms with van der Waals surface area (Å²) < 4.78 is 6.84. The number of rotatable bonds is 1. The number of fused-ring (bicyclic) bond motifs is 2. The summed E-state index contributed by atoms with van der Waals surface area (Å²) >= 11 is 3.52. The molecular formula is C15H12BrNO3. The first kappa shape index (κ1) is 13.0. The monoisotopic (exact) mass is 333 g/mol. The predicted octanol–water partition coefficient (Wildman–Crippen LogP) is 4.54. The van der Waals surface area contributed by atoms with Crippen LogP contribution in [-0.4, -0.2) is 11.2 Å². The third-order valence-corrected chi connectivity index (χ3v) is 3.76. The molecule has 0 aromatic heterocycles. The molecular weight excluding hydrogens is 322 g/mol. The third-order valence-electron chi connectivity index (χ3n) is 3.17. The lowest BCUT2D eigenvalue weighted by Gasteiger charge is -2.22. The molecule has 1 heterocycles. The largest absolute Gasteiger partial charge is 0.465 e. The Morgan fingerprint density at radius 3 is 2.85 bits per heavy atom. The van der Waals surface area contributed by atoms with E-state index >= 15 is 0 Å². The first-order chi connectivity index (χ1) is 9.52. The van der Waals surface area contributed by atoms with E-state index in [0.29, 0.717) is 5.69 Å². The van der Waals surface area contributed by atoms with Crippen LogP contribution < -0.4 is 10.1 Å². The van der Waals surface area contributed by atoms with Crippen molar-refractivity contribution in [2.75, 3.05) is 5.32 Å². The zero-order valence-electron chi connectivity index (χ0n) is 10.7. The van der Waals surface area contributed by atoms with E-state index in [1.165, 1.54) is 0 Å². The average Bonchev–Trinajstić information content (AvgIpc) is 2.35. The lowest BCUT2D eigenvalue weighted by atomic mass is 9.98. The zero-order chi connectivity index (χ0) is 14.3. The molecule has 0 unspecified atom stereocenters. The van der Waals surface area contributed by atoms with E-state index < -0.39 is 6.09 Å². The Kier molecular flexibility index (Phi) is 3.14. The minimum Gasteiger partial charge on any atom is -0.465 e. The number of ether oxygens (including phenoxy) is 1. The Morgan fingerprint density at radius 2 is 2.10 bits per heavy atom. The number of anilines is 1. The highest BCUT2D eigenvalue weighted by molar-refractivity contribution is 9.10. The fourth-order valence-electron chi connectivity index (χ4n) is 2.38. The molecule has 2 N–H and O–H groups in total. The number of hydrogen-bond donors (Lipinski definition) is 2. The van der Waals surface area contributed by atoms with Crippen molar-refractivity contribution < 1.29 is 14.6 Å². The van der Waals surface area contributed by atoms with Crippen LogP contribution in [0.3, 0.4) is 0 Å². The number of carboxylic acid groups (broad SMARTS) is 1. The zero-order valence-corrected chi connectivity index (χ0v) is 12.3. The summed E-state index contributed by atoms with van der Waals surface area (Å²) in [6, 6.07) is 9.39. The second kappa shape index (κ2) is 4.83. The molecule has 2 aromatic rings. The van der Waals surface area contributed by atoms with E-state index in [1.807, 2.05) is 19.1 Å². The molecule has 0 saturated heterocycles. The van der Waals surface area contributed by atoms with E-state index in [4.69, 9.17) is 9.84 Å². The summed E-state index contributed by atoms with van der Waals surface area (Å²) in [6.45, 7) is 2.03. The van der Waals surface area contributed by atoms with Crippen molar-refractivity contribution in [3.05, 3.63) is 51.5 Å². The lowest BCUT2D eigenvalue weighted by molar-refractivity contribution is 0.209. The maximum absolute atomic E-state index is 10.7. The van der Waals surface area contributed by atoms with Crippen molar-refractivity contribution in [2.24, 2.45) is 0 Å². The molecule has 3 rings (SSSR count). The first-order valence-electron chi connectivity index (χ1n) is 6.12. The molecule has 0 aliphatic carbocycles. The summed E-state index contributed by atoms with van der Waals surface area (Å²) in [5.41, 5.74) is 3.77. The molecule has 0 fully saturated rings. The van der Waals surface area contributed by atoms with Gasteiger partial charge in [-0.15, -0.1) is 0 Å². The third kappa shape index (κ3) is 2.36. The maximum atomic E-state index is 10.7. The van der Waals surface area contributed by atoms with Gasteiger partial charge >= 0.3 is 6.09 Å². The highest BCUT2D eigenvalue weighted by Gasteiger charge is 2.20. The highest BCUT2D eigenvalue weighted by atomic mass is 79.9. The number of hydrogen-bond acceptors (Lipinski definition) is 2. The van der Waals surface area contributed by atoms with Crippen molar-refractivity contribution in [1.29, 1.82) is 0 Å². The van der Waals surface area contributed by atoms with Gasteiger partial charge in [-0.2, -0.15) is 0 Å². The SMILES string of the molecule is Cc1cc(Br)c2c(c1)Cc1cc(NC(=O)O)ccc1O2. The molecule has 0 radical (unpaired) electrons. The Morgan fingerprint density at radius 1 is 1.30 bits per heavy atom. The number of nitrogens with one attached hydrogen (secondary N) is 1. The molecule has 20 heavy (non-hydrogen) atoms. The summed E-state index contributed by atoms with van der Waals surface area (Å²) in [5, 5.41) is 11.1. The normalized spacial score (nSPS) is 12.1. The van der Waals surface area contributed by atoms with Gasteiger partial charge in [0.25, 0.3) is 0 Å². The minimum atomic E-state index is -1.07. The van der Waals surface area contributed by atoms with Gasteiger partial charge in [0.15, 0.2) is 0 Å². The Labute approximate surface area is 124 Å². The predicted molar refractivity (Wildman–Crippen MR) is 79.8 cm³/mol. The molecule has 5 heteroatoms. The fraction of sp³-hybridized carbons (Fsp3) is 0.133. The number of benzene rings is 2. The van der Waals surface area contributed by atoms with E-state index in [9.17, 15) is 4.79 Å². The summed E-state index contributed by atoms with van der Waals surface area (Å²) in [7, 11) is 0. The number of halogens is 1. The van der Waals surface area contributed by atoms with Crippen LogP contribution in [0.15, 0.2) is 34.8 Å². The van der Waals surface area contributed by atoms with Gasteiger partial charge < -0.3 is 9.84 Å². The topological polar surface area (TPSA) is 58.6 Å². The molecule has 102 valence electrons. The van der Waals surface area contributed by atoms with Crippen LogP contribution in [0.5, 0.6) is 11.5 Å². The average molecular weight is 334 g/mol. The van der Waals surface area contributed by atoms with E-state index in [-0.39, 0.29) is 0 Å². The molecule has 1 aliphatic heterocycles. The van der Waals surface area contributed by atoms with Crippen LogP contribution in [0, 0.1) is 6.92 Å². The molecule has 0 atom stereocenters. The Bertz CT molecular complexity index is 713. The molecule has 4 nitrogen and oxygen atoms in total. The van der Waals surface area contributed by atoms with Crippen LogP contribution >= 0.6 is 15.9 Å². The molecule has 2 aromatic carbocycles. The van der Waals surface area contributed by atoms with E-state index in [1.54, 1.807) is 12.1 Å². The number of amides is 1. The van der Waals surface area contributed by atoms with Gasteiger partial charge in [-0.05, 0) is 52.7 Å². The van der Waals surface area contributed by atoms with Crippen molar-refractivity contribution in [2.45, 2.75) is 13.3 Å². The Hall–Kier alpha value is -2.01. The fourth-order valence-corrected chi connectivity index (χ4v) is 3.08. The molecule has 0 bridgehead atoms. The van der Waals surface area contributed by atoms with Crippen LogP contribution in [0.4, 0.5) is 10.5 Å². The Balaban J connectivity index is 2.00. The van der Waals surface area contributed by atoms with E-state index in [0.717, 1.165) is 39.1 Å². The van der Waals surface area contributed by atoms with Gasteiger partial charge in [0.2, 0.25) is 0 Å². The summed E-state index contributed by atoms with van der Waals surface area (Å²) in [5.74, 6) is 1.60. The second-order valence-corrected chi connectivity index (χ2v) is 5.62. The van der Waals surface area contributed by atoms with E-state index in [2.05, 4.69) is 27.3 Å². The van der Waals surface area contributed by atoms with Crippen molar-refractivity contribution in [3.8, 4) is 11.5 Å². The van der Waals surface area contributed by atoms with Crippen molar-refractivity contribution in [3.63, 3.8) is 0 Å². The molecule has 1 aliphatic rings. The molecule has 0 saturated carbocycles. The van der Waals surface area contributed by atoms with Gasteiger partial charge in [-0.25, -0.2) is 4.79 Å². The van der Waals surface area contributed by atoms with Gasteiger partial charge in [0.05, 0.1) is 4.47 Å². The first-order valence-corrected chi connectivity index (χ1v) is 6.92. The van der Waals surface area contributed by atoms with Gasteiger partial charge in [0, 0.05) is 23.2 Å². The van der Waals surface area contributed by atoms with Crippen LogP contribution in [-0.2, 0) is 6.42 Å². The molecule has 0 spiro atoms. The van der Waals surface area contributed by atoms with Crippen molar-refractivity contribution >= 4 is 27.7 Å². The minimum absolute atomic E-state index is 0.551. The van der Waals surface area contributed by atoms with Crippen LogP contribution in [0.2, 0.25) is 0 Å². The van der Waals surface area contributed by atoms with Crippen LogP contribution in [0.25, 0.3) is 0 Å². The molecule has 1 amide bonds. The van der Waals surface area contributed by atoms with Gasteiger partial charge in [-0.1, -0.05) is 6.07 Å².